The first-order valence-corrected chi connectivity index (χ1v) is 10.1. The third-order valence-corrected chi connectivity index (χ3v) is 7.21. The molecule has 2 rings (SSSR count). The molecular weight excluding hydrogens is 296 g/mol. The van der Waals surface area contributed by atoms with Crippen LogP contribution in [-0.4, -0.2) is 20.1 Å². The number of ether oxygens (including phenoxy) is 1. The molecule has 0 bridgehead atoms. The Balaban J connectivity index is 2.39. The van der Waals surface area contributed by atoms with Crippen molar-refractivity contribution < 1.29 is 4.74 Å². The second kappa shape index (κ2) is 7.29. The summed E-state index contributed by atoms with van der Waals surface area (Å²) in [5, 5.41) is 2.84. The van der Waals surface area contributed by atoms with Crippen molar-refractivity contribution in [3.8, 4) is 0 Å². The van der Waals surface area contributed by atoms with Crippen molar-refractivity contribution in [2.75, 3.05) is 0 Å². The number of benzene rings is 2. The molecule has 0 radical (unpaired) electrons. The van der Waals surface area contributed by atoms with Crippen LogP contribution in [0.15, 0.2) is 61.2 Å². The molecule has 2 unspecified atom stereocenters. The van der Waals surface area contributed by atoms with E-state index in [2.05, 4.69) is 88.9 Å². The molecule has 0 amide bonds. The summed E-state index contributed by atoms with van der Waals surface area (Å²) in [4.78, 5) is 0. The van der Waals surface area contributed by atoms with Gasteiger partial charge in [0.25, 0.3) is 0 Å². The highest BCUT2D eigenvalue weighted by Gasteiger charge is 2.27. The number of hydrogen-bond donors (Lipinski definition) is 0. The Bertz CT molecular complexity index is 638. The van der Waals surface area contributed by atoms with Crippen molar-refractivity contribution in [1.82, 2.24) is 0 Å². The first kappa shape index (κ1) is 17.7. The summed E-state index contributed by atoms with van der Waals surface area (Å²) in [5.74, 6) is 0. The van der Waals surface area contributed by atoms with Crippen molar-refractivity contribution in [2.45, 2.75) is 45.9 Å². The van der Waals surface area contributed by atoms with Crippen LogP contribution in [0.4, 0.5) is 0 Å². The third-order valence-electron chi connectivity index (χ3n) is 3.93. The van der Waals surface area contributed by atoms with Gasteiger partial charge in [0.1, 0.15) is 8.80 Å². The van der Waals surface area contributed by atoms with Crippen LogP contribution in [0.1, 0.15) is 40.2 Å². The van der Waals surface area contributed by atoms with Crippen molar-refractivity contribution >= 4 is 24.7 Å². The van der Waals surface area contributed by atoms with E-state index < -0.39 is 8.80 Å². The predicted molar refractivity (Wildman–Crippen MR) is 104 cm³/mol. The summed E-state index contributed by atoms with van der Waals surface area (Å²) in [7, 11) is -1.45. The fraction of sp³-hybridized carbons (Fsp3) is 0.333. The lowest BCUT2D eigenvalue weighted by Gasteiger charge is -2.31. The highest BCUT2D eigenvalue weighted by Crippen LogP contribution is 2.14. The maximum atomic E-state index is 6.33. The fourth-order valence-electron chi connectivity index (χ4n) is 3.00. The van der Waals surface area contributed by atoms with E-state index in [1.54, 1.807) is 0 Å². The Morgan fingerprint density at radius 2 is 1.48 bits per heavy atom. The van der Waals surface area contributed by atoms with Gasteiger partial charge in [-0.1, -0.05) is 77.1 Å². The first-order chi connectivity index (χ1) is 10.8. The van der Waals surface area contributed by atoms with Crippen LogP contribution in [0.5, 0.6) is 0 Å². The van der Waals surface area contributed by atoms with Gasteiger partial charge in [-0.25, -0.2) is 0 Å². The van der Waals surface area contributed by atoms with E-state index in [0.29, 0.717) is 0 Å². The van der Waals surface area contributed by atoms with Crippen molar-refractivity contribution in [3.63, 3.8) is 0 Å². The van der Waals surface area contributed by atoms with Gasteiger partial charge in [0, 0.05) is 0 Å². The van der Waals surface area contributed by atoms with E-state index in [0.717, 1.165) is 5.57 Å². The highest BCUT2D eigenvalue weighted by atomic mass is 28.3. The number of rotatable bonds is 5. The Morgan fingerprint density at radius 3 is 1.96 bits per heavy atom. The zero-order valence-electron chi connectivity index (χ0n) is 15.0. The lowest BCUT2D eigenvalue weighted by atomic mass is 10.1. The first-order valence-electron chi connectivity index (χ1n) is 8.26. The molecule has 0 aliphatic carbocycles. The van der Waals surface area contributed by atoms with Crippen LogP contribution in [0.3, 0.4) is 0 Å². The normalized spacial score (nSPS) is 14.3. The maximum absolute atomic E-state index is 6.33. The molecule has 1 nitrogen and oxygen atoms in total. The second-order valence-electron chi connectivity index (χ2n) is 7.23. The summed E-state index contributed by atoms with van der Waals surface area (Å²) >= 11 is 0. The van der Waals surface area contributed by atoms with Crippen molar-refractivity contribution in [1.29, 1.82) is 0 Å². The molecule has 0 fully saturated rings. The molecule has 0 aromatic heterocycles. The lowest BCUT2D eigenvalue weighted by Crippen LogP contribution is -2.53. The molecule has 2 atom stereocenters. The average molecular weight is 325 g/mol. The fourth-order valence-corrected chi connectivity index (χ4v) is 6.25. The third kappa shape index (κ3) is 4.92. The van der Waals surface area contributed by atoms with Crippen LogP contribution in [0, 0.1) is 0 Å². The largest absolute Gasteiger partial charge is 0.376 e. The summed E-state index contributed by atoms with van der Waals surface area (Å²) in [6.45, 7) is 14.7. The number of hydrogen-bond acceptors (Lipinski definition) is 1. The van der Waals surface area contributed by atoms with Crippen LogP contribution in [0.2, 0.25) is 0 Å². The van der Waals surface area contributed by atoms with Gasteiger partial charge in [-0.2, -0.15) is 0 Å². The van der Waals surface area contributed by atoms with Crippen LogP contribution >= 0.6 is 0 Å². The van der Waals surface area contributed by atoms with E-state index in [-0.39, 0.29) is 11.3 Å². The topological polar surface area (TPSA) is 9.23 Å². The van der Waals surface area contributed by atoms with Gasteiger partial charge >= 0.3 is 0 Å². The smallest absolute Gasteiger partial charge is 0.134 e. The average Bonchev–Trinajstić information content (AvgIpc) is 2.47. The van der Waals surface area contributed by atoms with Gasteiger partial charge in [-0.05, 0) is 40.2 Å². The van der Waals surface area contributed by atoms with Gasteiger partial charge in [0.2, 0.25) is 0 Å². The van der Waals surface area contributed by atoms with Gasteiger partial charge in [-0.15, -0.1) is 0 Å². The van der Waals surface area contributed by atoms with Crippen molar-refractivity contribution in [2.24, 2.45) is 0 Å². The van der Waals surface area contributed by atoms with Crippen LogP contribution in [-0.2, 0) is 4.74 Å². The molecular formula is C21H28OSi. The summed E-state index contributed by atoms with van der Waals surface area (Å²) in [6, 6.07) is 19.7. The number of allylic oxidation sites excluding steroid dienone is 1. The molecule has 2 aromatic rings. The molecule has 2 heteroatoms. The lowest BCUT2D eigenvalue weighted by molar-refractivity contribution is -0.0174. The van der Waals surface area contributed by atoms with E-state index in [9.17, 15) is 0 Å². The quantitative estimate of drug-likeness (QED) is 0.760. The van der Waals surface area contributed by atoms with Gasteiger partial charge in [0.15, 0.2) is 0 Å². The molecule has 0 saturated carbocycles. The minimum absolute atomic E-state index is 0.128. The van der Waals surface area contributed by atoms with E-state index in [4.69, 9.17) is 4.74 Å². The summed E-state index contributed by atoms with van der Waals surface area (Å²) in [6.07, 6.45) is 0. The monoisotopic (exact) mass is 324 g/mol. The summed E-state index contributed by atoms with van der Waals surface area (Å²) in [5.41, 5.74) is 2.41. The van der Waals surface area contributed by atoms with Crippen LogP contribution < -0.4 is 10.4 Å². The van der Waals surface area contributed by atoms with Gasteiger partial charge in [0.05, 0.1) is 11.3 Å². The molecule has 122 valence electrons. The molecule has 0 heterocycles. The van der Waals surface area contributed by atoms with E-state index in [1.807, 2.05) is 6.92 Å². The molecule has 0 aliphatic rings. The maximum Gasteiger partial charge on any atom is 0.134 e. The zero-order valence-corrected chi connectivity index (χ0v) is 16.1. The SMILES string of the molecule is C=C(C)c1ccc([SiH](c2ccccc2)C(C)OC(C)(C)C)cc1. The second-order valence-corrected chi connectivity index (χ2v) is 10.5. The Morgan fingerprint density at radius 1 is 0.957 bits per heavy atom. The molecule has 0 saturated heterocycles. The Labute approximate surface area is 142 Å². The molecule has 23 heavy (non-hydrogen) atoms. The zero-order chi connectivity index (χ0) is 17.0. The minimum Gasteiger partial charge on any atom is -0.376 e. The molecule has 0 spiro atoms. The van der Waals surface area contributed by atoms with E-state index >= 15 is 0 Å². The molecule has 0 aliphatic heterocycles. The Hall–Kier alpha value is -1.64. The molecule has 2 aromatic carbocycles. The van der Waals surface area contributed by atoms with E-state index in [1.165, 1.54) is 15.9 Å². The standard InChI is InChI=1S/C21H28OSi/c1-16(2)18-12-14-20(15-13-18)23(17(3)22-21(4,5)6)19-10-8-7-9-11-19/h7-15,17,23H,1H2,2-6H3. The Kier molecular flexibility index (Phi) is 5.61. The minimum atomic E-state index is -1.45. The van der Waals surface area contributed by atoms with Crippen molar-refractivity contribution in [3.05, 3.63) is 66.7 Å². The van der Waals surface area contributed by atoms with Gasteiger partial charge < -0.3 is 4.74 Å². The molecule has 0 N–H and O–H groups in total. The predicted octanol–water partition coefficient (Wildman–Crippen LogP) is 3.80. The highest BCUT2D eigenvalue weighted by molar-refractivity contribution is 6.86. The summed E-state index contributed by atoms with van der Waals surface area (Å²) < 4.78 is 6.33. The van der Waals surface area contributed by atoms with Crippen LogP contribution in [0.25, 0.3) is 5.57 Å². The van der Waals surface area contributed by atoms with Gasteiger partial charge in [-0.3, -0.25) is 0 Å².